The van der Waals surface area contributed by atoms with Gasteiger partial charge in [0, 0.05) is 30.1 Å². The van der Waals surface area contributed by atoms with Crippen molar-refractivity contribution in [3.05, 3.63) is 28.8 Å². The first-order chi connectivity index (χ1) is 19.3. The predicted molar refractivity (Wildman–Crippen MR) is 168 cm³/mol. The summed E-state index contributed by atoms with van der Waals surface area (Å²) in [5, 5.41) is 3.01. The molecule has 0 radical (unpaired) electrons. The Morgan fingerprint density at radius 1 is 0.725 bits per heavy atom. The molecule has 0 spiro atoms. The summed E-state index contributed by atoms with van der Waals surface area (Å²) in [5.41, 5.74) is 0.0795. The molecule has 0 aliphatic rings. The van der Waals surface area contributed by atoms with Gasteiger partial charge in [-0.2, -0.15) is 0 Å². The first-order valence-corrected chi connectivity index (χ1v) is 17.7. The van der Waals surface area contributed by atoms with E-state index in [0.717, 1.165) is 49.3 Å². The molecule has 0 heterocycles. The average molecular weight is 599 g/mol. The van der Waals surface area contributed by atoms with E-state index in [1.165, 1.54) is 69.6 Å². The molecule has 6 nitrogen and oxygen atoms in total. The largest absolute Gasteiger partial charge is 0.337 e. The topological polar surface area (TPSA) is 83.6 Å². The van der Waals surface area contributed by atoms with E-state index in [2.05, 4.69) is 19.2 Å². The van der Waals surface area contributed by atoms with Gasteiger partial charge in [-0.15, -0.1) is 0 Å². The Labute approximate surface area is 250 Å². The molecule has 0 bridgehead atoms. The minimum atomic E-state index is -4.23. The minimum Gasteiger partial charge on any atom is -0.337 e. The van der Waals surface area contributed by atoms with Gasteiger partial charge in [-0.05, 0) is 37.5 Å². The van der Waals surface area contributed by atoms with E-state index in [1.807, 2.05) is 6.92 Å². The van der Waals surface area contributed by atoms with Crippen molar-refractivity contribution in [3.8, 4) is 0 Å². The molecule has 1 aromatic rings. The fourth-order valence-electron chi connectivity index (χ4n) is 4.83. The maximum Gasteiger partial charge on any atom is 0.331 e. The highest BCUT2D eigenvalue weighted by Crippen LogP contribution is 2.26. The lowest BCUT2D eigenvalue weighted by Crippen LogP contribution is -2.44. The van der Waals surface area contributed by atoms with Crippen LogP contribution in [0.2, 0.25) is 5.02 Å². The van der Waals surface area contributed by atoms with Gasteiger partial charge in [-0.1, -0.05) is 129 Å². The number of halogens is 1. The monoisotopic (exact) mass is 598 g/mol. The third-order valence-electron chi connectivity index (χ3n) is 7.28. The Balaban J connectivity index is 2.80. The normalized spacial score (nSPS) is 11.5. The molecule has 2 amide bonds. The van der Waals surface area contributed by atoms with Gasteiger partial charge < -0.3 is 5.32 Å². The van der Waals surface area contributed by atoms with Crippen LogP contribution in [0.25, 0.3) is 0 Å². The zero-order valence-corrected chi connectivity index (χ0v) is 27.0. The summed E-state index contributed by atoms with van der Waals surface area (Å²) in [7, 11) is -4.23. The van der Waals surface area contributed by atoms with Crippen LogP contribution in [0.3, 0.4) is 0 Å². The molecule has 1 rings (SSSR count). The van der Waals surface area contributed by atoms with Crippen LogP contribution in [-0.2, 0) is 10.0 Å². The summed E-state index contributed by atoms with van der Waals surface area (Å²) in [5.74, 6) is -0.245. The smallest absolute Gasteiger partial charge is 0.331 e. The van der Waals surface area contributed by atoms with Crippen molar-refractivity contribution in [2.75, 3.05) is 13.1 Å². The molecule has 0 aliphatic carbocycles. The lowest BCUT2D eigenvalue weighted by atomic mass is 10.0. The number of sulfonamides is 1. The summed E-state index contributed by atoms with van der Waals surface area (Å²) >= 11 is 6.20. The summed E-state index contributed by atoms with van der Waals surface area (Å²) in [6, 6.07) is 3.63. The number of rotatable bonds is 24. The molecule has 0 aromatic heterocycles. The standard InChI is InChI=1S/C32H55ClN2O4S/c1-4-7-9-11-13-14-15-16-17-18-20-22-30(36)29-27-28(33)23-24-31(29)40(38,39)35(32(37)34-25-6-3)26-21-19-12-10-8-5-2/h23-24,27H,4-22,25-26H2,1-3H3,(H,34,37). The van der Waals surface area contributed by atoms with Crippen LogP contribution in [0.15, 0.2) is 23.1 Å². The van der Waals surface area contributed by atoms with Crippen molar-refractivity contribution < 1.29 is 18.0 Å². The fraction of sp³-hybridized carbons (Fsp3) is 0.750. The van der Waals surface area contributed by atoms with Crippen molar-refractivity contribution >= 4 is 33.4 Å². The van der Waals surface area contributed by atoms with E-state index in [0.29, 0.717) is 30.8 Å². The van der Waals surface area contributed by atoms with Crippen LogP contribution < -0.4 is 5.32 Å². The zero-order chi connectivity index (χ0) is 29.6. The third kappa shape index (κ3) is 14.3. The van der Waals surface area contributed by atoms with Crippen LogP contribution in [0.5, 0.6) is 0 Å². The molecular formula is C32H55ClN2O4S. The van der Waals surface area contributed by atoms with Gasteiger partial charge in [0.05, 0.1) is 4.90 Å². The summed E-state index contributed by atoms with van der Waals surface area (Å²) in [6.45, 7) is 6.76. The molecule has 1 N–H and O–H groups in total. The van der Waals surface area contributed by atoms with Crippen LogP contribution >= 0.6 is 11.6 Å². The van der Waals surface area contributed by atoms with Gasteiger partial charge in [0.1, 0.15) is 0 Å². The summed E-state index contributed by atoms with van der Waals surface area (Å²) in [4.78, 5) is 26.0. The maximum absolute atomic E-state index is 13.8. The highest BCUT2D eigenvalue weighted by atomic mass is 35.5. The number of urea groups is 1. The second-order valence-electron chi connectivity index (χ2n) is 10.9. The van der Waals surface area contributed by atoms with E-state index < -0.39 is 16.1 Å². The lowest BCUT2D eigenvalue weighted by molar-refractivity contribution is 0.0975. The van der Waals surface area contributed by atoms with Crippen molar-refractivity contribution in [1.82, 2.24) is 9.62 Å². The van der Waals surface area contributed by atoms with Gasteiger partial charge in [-0.3, -0.25) is 4.79 Å². The highest BCUT2D eigenvalue weighted by Gasteiger charge is 2.32. The molecule has 40 heavy (non-hydrogen) atoms. The molecule has 8 heteroatoms. The number of Topliss-reactive ketones (excluding diaryl/α,β-unsaturated/α-hetero) is 1. The van der Waals surface area contributed by atoms with Crippen LogP contribution in [0.4, 0.5) is 4.79 Å². The van der Waals surface area contributed by atoms with Gasteiger partial charge >= 0.3 is 6.03 Å². The predicted octanol–water partition coefficient (Wildman–Crippen LogP) is 9.69. The van der Waals surface area contributed by atoms with Gasteiger partial charge in [0.2, 0.25) is 0 Å². The molecule has 1 aromatic carbocycles. The van der Waals surface area contributed by atoms with Crippen molar-refractivity contribution in [2.24, 2.45) is 0 Å². The minimum absolute atomic E-state index is 0.0795. The van der Waals surface area contributed by atoms with Gasteiger partial charge in [0.15, 0.2) is 5.78 Å². The van der Waals surface area contributed by atoms with E-state index in [9.17, 15) is 18.0 Å². The quantitative estimate of drug-likeness (QED) is 0.0948. The maximum atomic E-state index is 13.8. The fourth-order valence-corrected chi connectivity index (χ4v) is 6.59. The Morgan fingerprint density at radius 2 is 1.23 bits per heavy atom. The number of hydrogen-bond acceptors (Lipinski definition) is 4. The van der Waals surface area contributed by atoms with Crippen molar-refractivity contribution in [3.63, 3.8) is 0 Å². The molecule has 0 aliphatic heterocycles. The molecule has 0 fully saturated rings. The van der Waals surface area contributed by atoms with Crippen molar-refractivity contribution in [2.45, 2.75) is 148 Å². The zero-order valence-electron chi connectivity index (χ0n) is 25.4. The number of ketones is 1. The number of nitrogens with zero attached hydrogens (tertiary/aromatic N) is 1. The molecule has 0 unspecified atom stereocenters. The molecule has 0 saturated carbocycles. The number of carbonyl (C=O) groups excluding carboxylic acids is 2. The Hall–Kier alpha value is -1.60. The Morgan fingerprint density at radius 3 is 1.75 bits per heavy atom. The lowest BCUT2D eigenvalue weighted by Gasteiger charge is -2.24. The Bertz CT molecular complexity index is 952. The van der Waals surface area contributed by atoms with E-state index in [4.69, 9.17) is 11.6 Å². The number of unbranched alkanes of at least 4 members (excludes halogenated alkanes) is 15. The number of benzene rings is 1. The number of amides is 2. The average Bonchev–Trinajstić information content (AvgIpc) is 2.93. The van der Waals surface area contributed by atoms with E-state index in [-0.39, 0.29) is 29.2 Å². The number of nitrogens with one attached hydrogen (secondary N) is 1. The Kier molecular flexibility index (Phi) is 20.1. The molecule has 0 saturated heterocycles. The van der Waals surface area contributed by atoms with E-state index in [1.54, 1.807) is 0 Å². The van der Waals surface area contributed by atoms with Gasteiger partial charge in [0.25, 0.3) is 10.0 Å². The molecular weight excluding hydrogens is 544 g/mol. The van der Waals surface area contributed by atoms with E-state index >= 15 is 0 Å². The van der Waals surface area contributed by atoms with Gasteiger partial charge in [-0.25, -0.2) is 17.5 Å². The molecule has 230 valence electrons. The first-order valence-electron chi connectivity index (χ1n) is 15.9. The number of carbonyl (C=O) groups is 2. The van der Waals surface area contributed by atoms with Crippen LogP contribution in [0, 0.1) is 0 Å². The van der Waals surface area contributed by atoms with Crippen LogP contribution in [0.1, 0.15) is 153 Å². The van der Waals surface area contributed by atoms with Crippen LogP contribution in [-0.4, -0.2) is 37.6 Å². The summed E-state index contributed by atoms with van der Waals surface area (Å²) < 4.78 is 28.4. The third-order valence-corrected chi connectivity index (χ3v) is 9.36. The second kappa shape index (κ2) is 22.1. The summed E-state index contributed by atoms with van der Waals surface area (Å²) in [6.07, 6.45) is 19.7. The second-order valence-corrected chi connectivity index (χ2v) is 13.2. The highest BCUT2D eigenvalue weighted by molar-refractivity contribution is 7.89. The number of hydrogen-bond donors (Lipinski definition) is 1. The first kappa shape index (κ1) is 36.4. The SMILES string of the molecule is CCCCCCCCCCCCCC(=O)c1cc(Cl)ccc1S(=O)(=O)N(CCCCCCCC)C(=O)NCCC. The van der Waals surface area contributed by atoms with Crippen molar-refractivity contribution in [1.29, 1.82) is 0 Å². The molecule has 0 atom stereocenters.